The zero-order chi connectivity index (χ0) is 21.5. The van der Waals surface area contributed by atoms with Gasteiger partial charge in [-0.05, 0) is 49.7 Å². The second-order valence-corrected chi connectivity index (χ2v) is 9.16. The first-order chi connectivity index (χ1) is 15.0. The van der Waals surface area contributed by atoms with Crippen LogP contribution in [0, 0.1) is 6.92 Å². The molecule has 1 saturated heterocycles. The summed E-state index contributed by atoms with van der Waals surface area (Å²) in [7, 11) is 1.75. The number of thioether (sulfide) groups is 1. The summed E-state index contributed by atoms with van der Waals surface area (Å²) < 4.78 is 0. The number of hydrogen-bond donors (Lipinski definition) is 0. The lowest BCUT2D eigenvalue weighted by Gasteiger charge is -2.30. The van der Waals surface area contributed by atoms with Gasteiger partial charge in [-0.15, -0.1) is 0 Å². The van der Waals surface area contributed by atoms with Crippen molar-refractivity contribution in [3.05, 3.63) is 58.6 Å². The quantitative estimate of drug-likeness (QED) is 0.647. The minimum absolute atomic E-state index is 0.111. The number of hydrogen-bond acceptors (Lipinski definition) is 5. The van der Waals surface area contributed by atoms with Gasteiger partial charge in [0.2, 0.25) is 0 Å². The summed E-state index contributed by atoms with van der Waals surface area (Å²) in [4.78, 5) is 40.0. The van der Waals surface area contributed by atoms with Gasteiger partial charge >= 0.3 is 0 Å². The Morgan fingerprint density at radius 3 is 2.55 bits per heavy atom. The highest BCUT2D eigenvalue weighted by atomic mass is 32.2. The van der Waals surface area contributed by atoms with Crippen LogP contribution in [0.1, 0.15) is 43.4 Å². The molecule has 6 nitrogen and oxygen atoms in total. The fourth-order valence-electron chi connectivity index (χ4n) is 4.55. The molecule has 2 fully saturated rings. The molecular weight excluding hydrogens is 408 g/mol. The maximum Gasteiger partial charge on any atom is 0.267 e. The first kappa shape index (κ1) is 20.0. The second-order valence-electron chi connectivity index (χ2n) is 8.19. The van der Waals surface area contributed by atoms with Gasteiger partial charge in [0.15, 0.2) is 11.0 Å². The average Bonchev–Trinajstić information content (AvgIpc) is 3.22. The van der Waals surface area contributed by atoms with Gasteiger partial charge in [-0.3, -0.25) is 14.5 Å². The first-order valence-corrected chi connectivity index (χ1v) is 11.5. The lowest BCUT2D eigenvalue weighted by atomic mass is 9.94. The highest BCUT2D eigenvalue weighted by Gasteiger charge is 2.44. The minimum atomic E-state index is -0.143. The molecule has 7 heteroatoms. The normalized spacial score (nSPS) is 23.2. The van der Waals surface area contributed by atoms with Crippen LogP contribution in [-0.2, 0) is 9.59 Å². The molecule has 0 N–H and O–H groups in total. The molecule has 1 saturated carbocycles. The number of amidine groups is 1. The van der Waals surface area contributed by atoms with Gasteiger partial charge in [0, 0.05) is 24.3 Å². The monoisotopic (exact) mass is 432 g/mol. The lowest BCUT2D eigenvalue weighted by molar-refractivity contribution is -0.124. The summed E-state index contributed by atoms with van der Waals surface area (Å²) in [6.45, 7) is 1.92. The van der Waals surface area contributed by atoms with E-state index in [0.717, 1.165) is 42.6 Å². The van der Waals surface area contributed by atoms with E-state index in [0.29, 0.717) is 21.5 Å². The fourth-order valence-corrected chi connectivity index (χ4v) is 5.69. The van der Waals surface area contributed by atoms with E-state index in [1.807, 2.05) is 54.3 Å². The standard InChI is InChI=1S/C24H24N4O2S/c1-15-9-8-14-19(25-15)26-24-28(16-10-4-3-5-11-16)23(30)21(31-24)20-17-12-6-7-13-18(17)27(2)22(20)29/h6-9,12-14,16H,3-5,10-11H2,1-2H3/b21-20-,26-24+. The molecule has 158 valence electrons. The third kappa shape index (κ3) is 3.47. The Kier molecular flexibility index (Phi) is 5.14. The molecule has 0 radical (unpaired) electrons. The molecule has 0 spiro atoms. The molecule has 1 aliphatic carbocycles. The Labute approximate surface area is 186 Å². The highest BCUT2D eigenvalue weighted by Crippen LogP contribution is 2.45. The number of aryl methyl sites for hydroxylation is 1. The van der Waals surface area contributed by atoms with Crippen molar-refractivity contribution in [1.82, 2.24) is 9.88 Å². The molecular formula is C24H24N4O2S. The Balaban J connectivity index is 1.63. The van der Waals surface area contributed by atoms with Crippen LogP contribution in [0.2, 0.25) is 0 Å². The van der Waals surface area contributed by atoms with Crippen LogP contribution >= 0.6 is 11.8 Å². The number of fused-ring (bicyclic) bond motifs is 1. The van der Waals surface area contributed by atoms with Crippen molar-refractivity contribution in [3.63, 3.8) is 0 Å². The highest BCUT2D eigenvalue weighted by molar-refractivity contribution is 8.18. The van der Waals surface area contributed by atoms with E-state index >= 15 is 0 Å². The number of carbonyl (C=O) groups excluding carboxylic acids is 2. The topological polar surface area (TPSA) is 65.9 Å². The van der Waals surface area contributed by atoms with E-state index in [1.165, 1.54) is 18.2 Å². The van der Waals surface area contributed by atoms with Crippen LogP contribution < -0.4 is 4.90 Å². The predicted molar refractivity (Wildman–Crippen MR) is 124 cm³/mol. The van der Waals surface area contributed by atoms with Crippen molar-refractivity contribution in [2.75, 3.05) is 11.9 Å². The smallest absolute Gasteiger partial charge is 0.267 e. The van der Waals surface area contributed by atoms with Gasteiger partial charge in [-0.25, -0.2) is 9.98 Å². The van der Waals surface area contributed by atoms with E-state index in [1.54, 1.807) is 11.9 Å². The summed E-state index contributed by atoms with van der Waals surface area (Å²) in [6, 6.07) is 13.4. The summed E-state index contributed by atoms with van der Waals surface area (Å²) in [5.41, 5.74) is 3.00. The molecule has 5 rings (SSSR count). The molecule has 0 bridgehead atoms. The van der Waals surface area contributed by atoms with Gasteiger partial charge in [0.25, 0.3) is 11.8 Å². The summed E-state index contributed by atoms with van der Waals surface area (Å²) in [5.74, 6) is 0.324. The number of anilines is 1. The zero-order valence-corrected chi connectivity index (χ0v) is 18.5. The zero-order valence-electron chi connectivity index (χ0n) is 17.7. The Morgan fingerprint density at radius 2 is 1.77 bits per heavy atom. The van der Waals surface area contributed by atoms with Crippen molar-refractivity contribution in [3.8, 4) is 0 Å². The maximum absolute atomic E-state index is 13.7. The van der Waals surface area contributed by atoms with E-state index < -0.39 is 0 Å². The third-order valence-corrected chi connectivity index (χ3v) is 7.17. The third-order valence-electron chi connectivity index (χ3n) is 6.12. The summed E-state index contributed by atoms with van der Waals surface area (Å²) >= 11 is 1.31. The van der Waals surface area contributed by atoms with Gasteiger partial charge < -0.3 is 4.90 Å². The first-order valence-electron chi connectivity index (χ1n) is 10.7. The lowest BCUT2D eigenvalue weighted by Crippen LogP contribution is -2.40. The molecule has 3 aliphatic rings. The Hall–Kier alpha value is -2.93. The molecule has 2 aliphatic heterocycles. The number of pyridine rings is 1. The number of benzene rings is 1. The van der Waals surface area contributed by atoms with Gasteiger partial charge in [-0.1, -0.05) is 43.5 Å². The van der Waals surface area contributed by atoms with E-state index in [-0.39, 0.29) is 17.9 Å². The largest absolute Gasteiger partial charge is 0.311 e. The van der Waals surface area contributed by atoms with Crippen LogP contribution in [0.4, 0.5) is 11.5 Å². The second kappa shape index (κ2) is 7.96. The Bertz CT molecular complexity index is 1130. The van der Waals surface area contributed by atoms with Crippen LogP contribution in [-0.4, -0.2) is 40.0 Å². The summed E-state index contributed by atoms with van der Waals surface area (Å²) in [6.07, 6.45) is 5.32. The molecule has 0 atom stereocenters. The van der Waals surface area contributed by atoms with Crippen LogP contribution in [0.5, 0.6) is 0 Å². The van der Waals surface area contributed by atoms with Crippen molar-refractivity contribution in [2.45, 2.75) is 45.1 Å². The van der Waals surface area contributed by atoms with Crippen LogP contribution in [0.25, 0.3) is 5.57 Å². The molecule has 1 aromatic carbocycles. The van der Waals surface area contributed by atoms with Crippen molar-refractivity contribution >= 4 is 45.8 Å². The van der Waals surface area contributed by atoms with Gasteiger partial charge in [0.05, 0.1) is 16.2 Å². The van der Waals surface area contributed by atoms with Crippen molar-refractivity contribution in [2.24, 2.45) is 4.99 Å². The Morgan fingerprint density at radius 1 is 1.00 bits per heavy atom. The minimum Gasteiger partial charge on any atom is -0.311 e. The molecule has 1 aromatic heterocycles. The molecule has 31 heavy (non-hydrogen) atoms. The molecule has 2 amide bonds. The predicted octanol–water partition coefficient (Wildman–Crippen LogP) is 4.67. The number of likely N-dealkylation sites (N-methyl/N-ethyl adjacent to an activating group) is 1. The van der Waals surface area contributed by atoms with Crippen LogP contribution in [0.3, 0.4) is 0 Å². The number of nitrogens with zero attached hydrogens (tertiary/aromatic N) is 4. The number of rotatable bonds is 2. The molecule has 3 heterocycles. The summed E-state index contributed by atoms with van der Waals surface area (Å²) in [5, 5.41) is 0.623. The number of amides is 2. The van der Waals surface area contributed by atoms with E-state index in [4.69, 9.17) is 4.99 Å². The average molecular weight is 433 g/mol. The fraction of sp³-hybridized carbons (Fsp3) is 0.333. The van der Waals surface area contributed by atoms with Gasteiger partial charge in [-0.2, -0.15) is 0 Å². The van der Waals surface area contributed by atoms with Crippen LogP contribution in [0.15, 0.2) is 52.4 Å². The van der Waals surface area contributed by atoms with E-state index in [9.17, 15) is 9.59 Å². The van der Waals surface area contributed by atoms with Crippen molar-refractivity contribution < 1.29 is 9.59 Å². The van der Waals surface area contributed by atoms with Crippen molar-refractivity contribution in [1.29, 1.82) is 0 Å². The molecule has 2 aromatic rings. The number of aromatic nitrogens is 1. The maximum atomic E-state index is 13.7. The molecule has 0 unspecified atom stereocenters. The number of para-hydroxylation sites is 1. The van der Waals surface area contributed by atoms with Gasteiger partial charge in [0.1, 0.15) is 0 Å². The number of aliphatic imine (C=N–C) groups is 1. The van der Waals surface area contributed by atoms with E-state index in [2.05, 4.69) is 4.98 Å². The SMILES string of the molecule is Cc1cccc(/N=C2/S/C(=C3\C(=O)N(C)c4ccccc43)C(=O)N2C2CCCCC2)n1. The number of carbonyl (C=O) groups is 2.